The van der Waals surface area contributed by atoms with Gasteiger partial charge in [-0.1, -0.05) is 22.9 Å². The van der Waals surface area contributed by atoms with Gasteiger partial charge in [0.2, 0.25) is 5.91 Å². The van der Waals surface area contributed by atoms with Crippen molar-refractivity contribution in [3.63, 3.8) is 0 Å². The molecule has 2 heterocycles. The highest BCUT2D eigenvalue weighted by atomic mass is 32.2. The zero-order valence-electron chi connectivity index (χ0n) is 14.5. The average molecular weight is 344 g/mol. The van der Waals surface area contributed by atoms with Crippen LogP contribution in [0.2, 0.25) is 0 Å². The Labute approximate surface area is 147 Å². The topological polar surface area (TPSA) is 51.0 Å². The smallest absolute Gasteiger partial charge is 0.228 e. The fraction of sp³-hybridized carbons (Fsp3) is 0.500. The molecule has 0 radical (unpaired) electrons. The third kappa shape index (κ3) is 3.64. The molecule has 0 bridgehead atoms. The molecule has 1 fully saturated rings. The van der Waals surface area contributed by atoms with E-state index in [9.17, 15) is 4.79 Å². The van der Waals surface area contributed by atoms with Gasteiger partial charge < -0.3 is 4.90 Å². The van der Waals surface area contributed by atoms with Gasteiger partial charge in [0.05, 0.1) is 23.5 Å². The molecule has 0 unspecified atom stereocenters. The summed E-state index contributed by atoms with van der Waals surface area (Å²) in [5, 5.41) is 9.17. The maximum absolute atomic E-state index is 12.5. The quantitative estimate of drug-likeness (QED) is 0.856. The number of benzene rings is 1. The highest BCUT2D eigenvalue weighted by Gasteiger charge is 2.23. The molecule has 24 heavy (non-hydrogen) atoms. The van der Waals surface area contributed by atoms with Crippen molar-refractivity contribution in [2.75, 3.05) is 19.3 Å². The van der Waals surface area contributed by atoms with Crippen LogP contribution < -0.4 is 0 Å². The molecule has 0 saturated carbocycles. The summed E-state index contributed by atoms with van der Waals surface area (Å²) < 4.78 is 1.81. The number of carbonyl (C=O) groups excluding carboxylic acids is 1. The maximum atomic E-state index is 12.5. The second kappa shape index (κ2) is 7.38. The molecule has 0 aliphatic carbocycles. The number of aryl methyl sites for hydroxylation is 1. The molecule has 3 rings (SSSR count). The summed E-state index contributed by atoms with van der Waals surface area (Å²) in [6.07, 6.45) is 4.65. The van der Waals surface area contributed by atoms with Crippen molar-refractivity contribution in [1.82, 2.24) is 19.9 Å². The van der Waals surface area contributed by atoms with Crippen LogP contribution in [0.1, 0.15) is 29.8 Å². The average Bonchev–Trinajstić information content (AvgIpc) is 2.96. The summed E-state index contributed by atoms with van der Waals surface area (Å²) in [5.74, 6) is 0.161. The third-order valence-corrected chi connectivity index (χ3v) is 5.85. The number of amides is 1. The maximum Gasteiger partial charge on any atom is 0.228 e. The van der Waals surface area contributed by atoms with E-state index in [-0.39, 0.29) is 5.91 Å². The number of piperidine rings is 1. The van der Waals surface area contributed by atoms with Crippen LogP contribution in [-0.2, 0) is 11.2 Å². The van der Waals surface area contributed by atoms with Gasteiger partial charge in [0.15, 0.2) is 0 Å². The second-order valence-corrected chi connectivity index (χ2v) is 7.50. The lowest BCUT2D eigenvalue weighted by molar-refractivity contribution is -0.131. The number of aromatic nitrogens is 3. The van der Waals surface area contributed by atoms with Crippen molar-refractivity contribution in [3.05, 3.63) is 41.2 Å². The minimum absolute atomic E-state index is 0.161. The van der Waals surface area contributed by atoms with E-state index in [4.69, 9.17) is 0 Å². The Hall–Kier alpha value is -1.82. The first-order valence-corrected chi connectivity index (χ1v) is 9.66. The first-order valence-electron chi connectivity index (χ1n) is 8.37. The lowest BCUT2D eigenvalue weighted by Crippen LogP contribution is -2.40. The van der Waals surface area contributed by atoms with Crippen molar-refractivity contribution in [2.24, 2.45) is 0 Å². The van der Waals surface area contributed by atoms with Gasteiger partial charge in [0, 0.05) is 18.3 Å². The van der Waals surface area contributed by atoms with E-state index in [1.54, 1.807) is 0 Å². The van der Waals surface area contributed by atoms with E-state index >= 15 is 0 Å². The molecule has 0 spiro atoms. The summed E-state index contributed by atoms with van der Waals surface area (Å²) in [4.78, 5) is 14.5. The van der Waals surface area contributed by atoms with Crippen LogP contribution in [0.4, 0.5) is 0 Å². The summed E-state index contributed by atoms with van der Waals surface area (Å²) in [5.41, 5.74) is 3.89. The van der Waals surface area contributed by atoms with Crippen LogP contribution in [0, 0.1) is 13.8 Å². The van der Waals surface area contributed by atoms with Crippen LogP contribution in [0.25, 0.3) is 5.69 Å². The van der Waals surface area contributed by atoms with Gasteiger partial charge in [-0.25, -0.2) is 4.68 Å². The van der Waals surface area contributed by atoms with Crippen molar-refractivity contribution in [2.45, 2.75) is 38.4 Å². The first-order chi connectivity index (χ1) is 11.6. The number of hydrogen-bond donors (Lipinski definition) is 0. The first kappa shape index (κ1) is 17.0. The highest BCUT2D eigenvalue weighted by Crippen LogP contribution is 2.22. The normalized spacial score (nSPS) is 15.7. The number of thioether (sulfide) groups is 1. The third-order valence-electron chi connectivity index (χ3n) is 4.72. The second-order valence-electron chi connectivity index (χ2n) is 6.36. The Morgan fingerprint density at radius 1 is 1.21 bits per heavy atom. The van der Waals surface area contributed by atoms with Gasteiger partial charge in [-0.2, -0.15) is 11.8 Å². The highest BCUT2D eigenvalue weighted by molar-refractivity contribution is 7.99. The Bertz CT molecular complexity index is 702. The van der Waals surface area contributed by atoms with Gasteiger partial charge in [0.25, 0.3) is 0 Å². The van der Waals surface area contributed by atoms with Crippen LogP contribution in [0.3, 0.4) is 0 Å². The zero-order chi connectivity index (χ0) is 17.1. The molecular formula is C18H24N4OS. The lowest BCUT2D eigenvalue weighted by atomic mass is 10.1. The number of carbonyl (C=O) groups is 1. The summed E-state index contributed by atoms with van der Waals surface area (Å²) in [7, 11) is 0. The molecule has 1 aliphatic heterocycles. The Kier molecular flexibility index (Phi) is 5.23. The molecule has 0 atom stereocenters. The summed E-state index contributed by atoms with van der Waals surface area (Å²) in [6, 6.07) is 8.15. The van der Waals surface area contributed by atoms with E-state index in [1.165, 1.54) is 5.56 Å². The van der Waals surface area contributed by atoms with Crippen LogP contribution in [-0.4, -0.2) is 50.4 Å². The molecule has 1 aromatic carbocycles. The molecule has 1 aliphatic rings. The minimum Gasteiger partial charge on any atom is -0.342 e. The Morgan fingerprint density at radius 3 is 2.50 bits per heavy atom. The minimum atomic E-state index is 0.161. The van der Waals surface area contributed by atoms with Crippen molar-refractivity contribution < 1.29 is 4.79 Å². The largest absolute Gasteiger partial charge is 0.342 e. The predicted octanol–water partition coefficient (Wildman–Crippen LogP) is 2.78. The Balaban J connectivity index is 1.68. The van der Waals surface area contributed by atoms with Crippen molar-refractivity contribution >= 4 is 17.7 Å². The standard InChI is InChI=1S/C18H24N4OS/c1-13-4-6-15(7-5-13)22-14(2)17(19-20-22)12-18(23)21-10-8-16(24-3)9-11-21/h4-7,16H,8-12H2,1-3H3. The number of hydrogen-bond acceptors (Lipinski definition) is 4. The summed E-state index contributed by atoms with van der Waals surface area (Å²) >= 11 is 1.90. The van der Waals surface area contributed by atoms with Crippen LogP contribution in [0.5, 0.6) is 0 Å². The monoisotopic (exact) mass is 344 g/mol. The summed E-state index contributed by atoms with van der Waals surface area (Å²) in [6.45, 7) is 5.75. The molecule has 1 aromatic heterocycles. The fourth-order valence-electron chi connectivity index (χ4n) is 3.05. The molecule has 1 amide bonds. The SMILES string of the molecule is CSC1CCN(C(=O)Cc2nnn(-c3ccc(C)cc3)c2C)CC1. The zero-order valence-corrected chi connectivity index (χ0v) is 15.3. The Morgan fingerprint density at radius 2 is 1.88 bits per heavy atom. The molecule has 2 aromatic rings. The van der Waals surface area contributed by atoms with E-state index in [0.717, 1.165) is 43.0 Å². The van der Waals surface area contributed by atoms with Gasteiger partial charge >= 0.3 is 0 Å². The van der Waals surface area contributed by atoms with Gasteiger partial charge in [-0.05, 0) is 45.1 Å². The molecular weight excluding hydrogens is 320 g/mol. The number of rotatable bonds is 4. The van der Waals surface area contributed by atoms with Gasteiger partial charge in [-0.3, -0.25) is 4.79 Å². The van der Waals surface area contributed by atoms with E-state index in [0.29, 0.717) is 11.7 Å². The lowest BCUT2D eigenvalue weighted by Gasteiger charge is -2.31. The number of nitrogens with zero attached hydrogens (tertiary/aromatic N) is 4. The number of likely N-dealkylation sites (tertiary alicyclic amines) is 1. The van der Waals surface area contributed by atoms with Gasteiger partial charge in [0.1, 0.15) is 0 Å². The van der Waals surface area contributed by atoms with E-state index in [1.807, 2.05) is 40.4 Å². The van der Waals surface area contributed by atoms with Crippen LogP contribution in [0.15, 0.2) is 24.3 Å². The van der Waals surface area contributed by atoms with Gasteiger partial charge in [-0.15, -0.1) is 5.10 Å². The van der Waals surface area contributed by atoms with E-state index < -0.39 is 0 Å². The molecule has 6 heteroatoms. The van der Waals surface area contributed by atoms with Crippen LogP contribution >= 0.6 is 11.8 Å². The molecule has 128 valence electrons. The fourth-order valence-corrected chi connectivity index (χ4v) is 3.73. The van der Waals surface area contributed by atoms with Crippen molar-refractivity contribution in [3.8, 4) is 5.69 Å². The predicted molar refractivity (Wildman–Crippen MR) is 97.7 cm³/mol. The van der Waals surface area contributed by atoms with Crippen molar-refractivity contribution in [1.29, 1.82) is 0 Å². The molecule has 1 saturated heterocycles. The molecule has 5 nitrogen and oxygen atoms in total. The molecule has 0 N–H and O–H groups in total. The van der Waals surface area contributed by atoms with E-state index in [2.05, 4.69) is 35.6 Å².